The molecule has 1 heterocycles. The van der Waals surface area contributed by atoms with Crippen molar-refractivity contribution in [1.29, 1.82) is 0 Å². The van der Waals surface area contributed by atoms with Gasteiger partial charge in [-0.1, -0.05) is 12.1 Å². The molecule has 122 valence electrons. The van der Waals surface area contributed by atoms with Crippen molar-refractivity contribution in [2.24, 2.45) is 0 Å². The van der Waals surface area contributed by atoms with Crippen LogP contribution in [0.5, 0.6) is 5.75 Å². The van der Waals surface area contributed by atoms with E-state index in [0.717, 1.165) is 16.8 Å². The summed E-state index contributed by atoms with van der Waals surface area (Å²) in [6.45, 7) is 4.37. The fraction of sp³-hybridized carbons (Fsp3) is 0.333. The van der Waals surface area contributed by atoms with Crippen LogP contribution in [0.25, 0.3) is 0 Å². The number of benzene rings is 1. The zero-order valence-electron chi connectivity index (χ0n) is 13.5. The first-order chi connectivity index (χ1) is 11.1. The van der Waals surface area contributed by atoms with Crippen molar-refractivity contribution in [2.45, 2.75) is 20.0 Å². The van der Waals surface area contributed by atoms with Crippen molar-refractivity contribution < 1.29 is 14.6 Å². The number of phenols is 1. The molecule has 23 heavy (non-hydrogen) atoms. The average Bonchev–Trinajstić information content (AvgIpc) is 2.56. The number of aromatic nitrogens is 1. The van der Waals surface area contributed by atoms with Gasteiger partial charge in [0, 0.05) is 38.5 Å². The van der Waals surface area contributed by atoms with Crippen LogP contribution in [-0.2, 0) is 17.8 Å². The van der Waals surface area contributed by atoms with Crippen LogP contribution >= 0.6 is 0 Å². The third-order valence-electron chi connectivity index (χ3n) is 3.61. The largest absolute Gasteiger partial charge is 0.507 e. The Hall–Kier alpha value is -2.24. The van der Waals surface area contributed by atoms with Gasteiger partial charge in [-0.2, -0.15) is 0 Å². The van der Waals surface area contributed by atoms with Crippen molar-refractivity contribution in [3.8, 4) is 5.75 Å². The Labute approximate surface area is 136 Å². The highest BCUT2D eigenvalue weighted by atomic mass is 16.5. The molecule has 0 spiro atoms. The summed E-state index contributed by atoms with van der Waals surface area (Å²) in [5, 5.41) is 10.2. The van der Waals surface area contributed by atoms with Crippen LogP contribution in [-0.4, -0.2) is 41.5 Å². The van der Waals surface area contributed by atoms with Crippen molar-refractivity contribution in [2.75, 3.05) is 20.3 Å². The number of ether oxygens (including phenoxy) is 1. The molecule has 5 nitrogen and oxygen atoms in total. The van der Waals surface area contributed by atoms with Crippen molar-refractivity contribution in [3.05, 3.63) is 58.9 Å². The van der Waals surface area contributed by atoms with Crippen molar-refractivity contribution >= 4 is 6.29 Å². The lowest BCUT2D eigenvalue weighted by atomic mass is 10.0. The van der Waals surface area contributed by atoms with E-state index in [1.54, 1.807) is 19.4 Å². The van der Waals surface area contributed by atoms with Crippen molar-refractivity contribution in [1.82, 2.24) is 9.88 Å². The zero-order valence-corrected chi connectivity index (χ0v) is 13.5. The van der Waals surface area contributed by atoms with Gasteiger partial charge < -0.3 is 9.84 Å². The van der Waals surface area contributed by atoms with E-state index in [-0.39, 0.29) is 5.75 Å². The molecule has 5 heteroatoms. The minimum atomic E-state index is 0.0500. The summed E-state index contributed by atoms with van der Waals surface area (Å²) in [6.07, 6.45) is 2.45. The number of aryl methyl sites for hydroxylation is 1. The van der Waals surface area contributed by atoms with Gasteiger partial charge in [-0.25, -0.2) is 0 Å². The number of aromatic hydroxyl groups is 1. The molecule has 1 aromatic heterocycles. The number of rotatable bonds is 8. The minimum absolute atomic E-state index is 0.0500. The third kappa shape index (κ3) is 4.87. The maximum atomic E-state index is 11.1. The number of carbonyl (C=O) groups excluding carboxylic acids is 1. The monoisotopic (exact) mass is 314 g/mol. The van der Waals surface area contributed by atoms with Gasteiger partial charge in [0.2, 0.25) is 0 Å². The van der Waals surface area contributed by atoms with E-state index in [1.165, 1.54) is 0 Å². The Morgan fingerprint density at radius 1 is 1.30 bits per heavy atom. The van der Waals surface area contributed by atoms with E-state index in [4.69, 9.17) is 4.74 Å². The van der Waals surface area contributed by atoms with Gasteiger partial charge in [0.05, 0.1) is 17.9 Å². The molecule has 0 aliphatic rings. The van der Waals surface area contributed by atoms with E-state index in [2.05, 4.69) is 9.88 Å². The van der Waals surface area contributed by atoms with Gasteiger partial charge in [0.1, 0.15) is 5.75 Å². The predicted octanol–water partition coefficient (Wildman–Crippen LogP) is 2.56. The van der Waals surface area contributed by atoms with E-state index < -0.39 is 0 Å². The van der Waals surface area contributed by atoms with E-state index in [1.807, 2.05) is 31.2 Å². The standard InChI is InChI=1S/C18H22N2O3/c1-14-9-15(18(22)16(10-14)13-21)11-20(7-8-23-2)12-17-5-3-4-6-19-17/h3-6,9-10,13,22H,7-8,11-12H2,1-2H3. The van der Waals surface area contributed by atoms with Crippen LogP contribution in [0.3, 0.4) is 0 Å². The first-order valence-corrected chi connectivity index (χ1v) is 7.53. The lowest BCUT2D eigenvalue weighted by Gasteiger charge is -2.22. The molecule has 0 atom stereocenters. The Bertz CT molecular complexity index is 644. The maximum Gasteiger partial charge on any atom is 0.153 e. The fourth-order valence-electron chi connectivity index (χ4n) is 2.49. The Balaban J connectivity index is 2.20. The molecule has 0 saturated heterocycles. The molecule has 1 aromatic carbocycles. The second kappa shape index (κ2) is 8.41. The Morgan fingerprint density at radius 2 is 2.13 bits per heavy atom. The molecule has 0 amide bonds. The quantitative estimate of drug-likeness (QED) is 0.759. The molecule has 0 saturated carbocycles. The topological polar surface area (TPSA) is 62.7 Å². The molecular formula is C18H22N2O3. The number of nitrogens with zero attached hydrogens (tertiary/aromatic N) is 2. The number of aldehydes is 1. The van der Waals surface area contributed by atoms with Crippen LogP contribution in [0.2, 0.25) is 0 Å². The van der Waals surface area contributed by atoms with E-state index in [0.29, 0.717) is 38.1 Å². The molecule has 2 rings (SSSR count). The molecular weight excluding hydrogens is 292 g/mol. The second-order valence-corrected chi connectivity index (χ2v) is 5.50. The zero-order chi connectivity index (χ0) is 16.7. The van der Waals surface area contributed by atoms with Crippen LogP contribution in [0.15, 0.2) is 36.5 Å². The summed E-state index contributed by atoms with van der Waals surface area (Å²) in [4.78, 5) is 17.6. The van der Waals surface area contributed by atoms with Crippen LogP contribution in [0.1, 0.15) is 27.2 Å². The van der Waals surface area contributed by atoms with Gasteiger partial charge in [0.15, 0.2) is 6.29 Å². The van der Waals surface area contributed by atoms with E-state index in [9.17, 15) is 9.90 Å². The highest BCUT2D eigenvalue weighted by Crippen LogP contribution is 2.25. The van der Waals surface area contributed by atoms with Crippen LogP contribution in [0, 0.1) is 6.92 Å². The molecule has 0 unspecified atom stereocenters. The van der Waals surface area contributed by atoms with Gasteiger partial charge >= 0.3 is 0 Å². The summed E-state index contributed by atoms with van der Waals surface area (Å²) in [5.74, 6) is 0.0500. The van der Waals surface area contributed by atoms with Gasteiger partial charge in [-0.15, -0.1) is 0 Å². The summed E-state index contributed by atoms with van der Waals surface area (Å²) < 4.78 is 5.17. The molecule has 0 aliphatic heterocycles. The first kappa shape index (κ1) is 17.1. The maximum absolute atomic E-state index is 11.1. The predicted molar refractivity (Wildman–Crippen MR) is 88.5 cm³/mol. The highest BCUT2D eigenvalue weighted by Gasteiger charge is 2.13. The minimum Gasteiger partial charge on any atom is -0.507 e. The third-order valence-corrected chi connectivity index (χ3v) is 3.61. The molecule has 0 aliphatic carbocycles. The normalized spacial score (nSPS) is 10.9. The smallest absolute Gasteiger partial charge is 0.153 e. The van der Waals surface area contributed by atoms with Crippen LogP contribution in [0.4, 0.5) is 0 Å². The van der Waals surface area contributed by atoms with Crippen molar-refractivity contribution in [3.63, 3.8) is 0 Å². The lowest BCUT2D eigenvalue weighted by Crippen LogP contribution is -2.27. The Kier molecular flexibility index (Phi) is 6.26. The van der Waals surface area contributed by atoms with Gasteiger partial charge in [-0.3, -0.25) is 14.7 Å². The molecule has 2 aromatic rings. The SMILES string of the molecule is COCCN(Cc1ccccn1)Cc1cc(C)cc(C=O)c1O. The fourth-order valence-corrected chi connectivity index (χ4v) is 2.49. The first-order valence-electron chi connectivity index (χ1n) is 7.53. The summed E-state index contributed by atoms with van der Waals surface area (Å²) >= 11 is 0. The molecule has 0 radical (unpaired) electrons. The summed E-state index contributed by atoms with van der Waals surface area (Å²) in [5.41, 5.74) is 2.96. The summed E-state index contributed by atoms with van der Waals surface area (Å²) in [7, 11) is 1.66. The molecule has 1 N–H and O–H groups in total. The van der Waals surface area contributed by atoms with Crippen LogP contribution < -0.4 is 0 Å². The molecule has 0 bridgehead atoms. The second-order valence-electron chi connectivity index (χ2n) is 5.50. The average molecular weight is 314 g/mol. The number of hydrogen-bond acceptors (Lipinski definition) is 5. The highest BCUT2D eigenvalue weighted by molar-refractivity contribution is 5.80. The van der Waals surface area contributed by atoms with Gasteiger partial charge in [-0.05, 0) is 30.7 Å². The number of carbonyl (C=O) groups is 1. The number of methoxy groups -OCH3 is 1. The molecule has 0 fully saturated rings. The van der Waals surface area contributed by atoms with E-state index >= 15 is 0 Å². The number of phenolic OH excluding ortho intramolecular Hbond substituents is 1. The van der Waals surface area contributed by atoms with Gasteiger partial charge in [0.25, 0.3) is 0 Å². The number of hydrogen-bond donors (Lipinski definition) is 1. The summed E-state index contributed by atoms with van der Waals surface area (Å²) in [6, 6.07) is 9.38. The lowest BCUT2D eigenvalue weighted by molar-refractivity contribution is 0.112. The number of pyridine rings is 1. The Morgan fingerprint density at radius 3 is 2.78 bits per heavy atom.